The Bertz CT molecular complexity index is 448. The van der Waals surface area contributed by atoms with Crippen molar-refractivity contribution in [2.24, 2.45) is 0 Å². The quantitative estimate of drug-likeness (QED) is 0.220. The van der Waals surface area contributed by atoms with Gasteiger partial charge in [0.1, 0.15) is 0 Å². The lowest BCUT2D eigenvalue weighted by Gasteiger charge is -2.30. The Kier molecular flexibility index (Phi) is 21.1. The first-order valence-corrected chi connectivity index (χ1v) is 8.90. The smallest absolute Gasteiger partial charge is 0.353 e. The molecule has 0 aliphatic heterocycles. The predicted octanol–water partition coefficient (Wildman–Crippen LogP) is -2.66. The van der Waals surface area contributed by atoms with Gasteiger partial charge in [-0.2, -0.15) is 0 Å². The second-order valence-corrected chi connectivity index (χ2v) is 6.87. The second-order valence-electron chi connectivity index (χ2n) is 6.87. The van der Waals surface area contributed by atoms with Crippen molar-refractivity contribution in [1.82, 2.24) is 0 Å². The van der Waals surface area contributed by atoms with Gasteiger partial charge in [0.15, 0.2) is 18.2 Å². The van der Waals surface area contributed by atoms with Crippen LogP contribution in [0.1, 0.15) is 27.7 Å². The van der Waals surface area contributed by atoms with Crippen LogP contribution in [-0.4, -0.2) is 106 Å². The molecule has 0 amide bonds. The van der Waals surface area contributed by atoms with Crippen molar-refractivity contribution in [2.45, 2.75) is 33.9 Å². The Labute approximate surface area is 173 Å². The molecule has 29 heavy (non-hydrogen) atoms. The lowest BCUT2D eigenvalue weighted by atomic mass is 10.4. The third-order valence-electron chi connectivity index (χ3n) is 4.12. The van der Waals surface area contributed by atoms with E-state index in [2.05, 4.69) is 37.3 Å². The van der Waals surface area contributed by atoms with Gasteiger partial charge in [0.25, 0.3) is 0 Å². The van der Waals surface area contributed by atoms with Gasteiger partial charge in [-0.15, -0.1) is 0 Å². The molecule has 1 N–H and O–H groups in total. The second kappa shape index (κ2) is 17.8. The predicted molar refractivity (Wildman–Crippen MR) is 102 cm³/mol. The third-order valence-corrected chi connectivity index (χ3v) is 4.12. The Morgan fingerprint density at radius 2 is 1.00 bits per heavy atom. The number of ether oxygens (including phenoxy) is 2. The highest BCUT2D eigenvalue weighted by molar-refractivity contribution is 6.27. The minimum atomic E-state index is -1.82. The molecule has 0 fully saturated rings. The van der Waals surface area contributed by atoms with Crippen molar-refractivity contribution in [1.29, 1.82) is 0 Å². The molecule has 11 nitrogen and oxygen atoms in total. The Hall–Kier alpha value is -2.24. The number of carboxylic acid groups (broad SMARTS) is 2. The molecular formula is C18H38N2O9. The van der Waals surface area contributed by atoms with Gasteiger partial charge in [0, 0.05) is 6.92 Å². The van der Waals surface area contributed by atoms with Gasteiger partial charge in [0.05, 0.1) is 62.0 Å². The number of carboxylic acids is 2. The summed E-state index contributed by atoms with van der Waals surface area (Å²) in [4.78, 5) is 37.9. The summed E-state index contributed by atoms with van der Waals surface area (Å²) >= 11 is 0. The van der Waals surface area contributed by atoms with E-state index in [0.717, 1.165) is 14.2 Å². The van der Waals surface area contributed by atoms with Crippen molar-refractivity contribution < 1.29 is 52.9 Å². The molecule has 1 atom stereocenters. The maximum Gasteiger partial charge on any atom is 0.353 e. The summed E-state index contributed by atoms with van der Waals surface area (Å²) in [5.41, 5.74) is 0. The van der Waals surface area contributed by atoms with E-state index in [1.54, 1.807) is 6.92 Å². The fourth-order valence-corrected chi connectivity index (χ4v) is 0.837. The van der Waals surface area contributed by atoms with Crippen LogP contribution >= 0.6 is 0 Å². The van der Waals surface area contributed by atoms with Gasteiger partial charge in [-0.1, -0.05) is 0 Å². The molecule has 0 aromatic heterocycles. The number of nitrogens with zero attached hydrogens (tertiary/aromatic N) is 2. The summed E-state index contributed by atoms with van der Waals surface area (Å²) in [6, 6.07) is 0. The van der Waals surface area contributed by atoms with Crippen LogP contribution in [0.2, 0.25) is 0 Å². The van der Waals surface area contributed by atoms with Gasteiger partial charge < -0.3 is 43.3 Å². The molecule has 0 saturated heterocycles. The highest BCUT2D eigenvalue weighted by atomic mass is 16.6. The van der Waals surface area contributed by atoms with E-state index in [-0.39, 0.29) is 6.23 Å². The van der Waals surface area contributed by atoms with Crippen LogP contribution in [0.5, 0.6) is 0 Å². The largest absolute Gasteiger partial charge is 0.539 e. The zero-order valence-corrected chi connectivity index (χ0v) is 19.3. The summed E-state index contributed by atoms with van der Waals surface area (Å²) in [6.07, 6.45) is -0.264. The number of aliphatic hydroxyl groups excluding tert-OH is 1. The Morgan fingerprint density at radius 3 is 1.00 bits per heavy atom. The van der Waals surface area contributed by atoms with Crippen molar-refractivity contribution in [2.75, 3.05) is 62.0 Å². The Morgan fingerprint density at radius 1 is 0.793 bits per heavy atom. The fraction of sp³-hybridized carbons (Fsp3) is 0.778. The van der Waals surface area contributed by atoms with E-state index in [9.17, 15) is 29.4 Å². The van der Waals surface area contributed by atoms with Crippen LogP contribution in [0.25, 0.3) is 0 Å². The summed E-state index contributed by atoms with van der Waals surface area (Å²) in [5, 5.41) is 27.6. The van der Waals surface area contributed by atoms with Gasteiger partial charge in [-0.05, 0) is 20.8 Å². The van der Waals surface area contributed by atoms with E-state index >= 15 is 0 Å². The van der Waals surface area contributed by atoms with Crippen LogP contribution in [0, 0.1) is 0 Å². The molecule has 0 aromatic rings. The molecule has 0 aromatic carbocycles. The highest BCUT2D eigenvalue weighted by Crippen LogP contribution is 1.97. The first-order valence-electron chi connectivity index (χ1n) is 8.90. The molecule has 1 unspecified atom stereocenters. The van der Waals surface area contributed by atoms with Gasteiger partial charge in [-0.3, -0.25) is 0 Å². The lowest BCUT2D eigenvalue weighted by molar-refractivity contribution is -0.916. The number of rotatable bonds is 4. The number of hydrogen-bond donors (Lipinski definition) is 1. The number of aliphatic hydroxyl groups is 1. The number of aliphatic carboxylic acids is 2. The van der Waals surface area contributed by atoms with E-state index in [1.165, 1.54) is 24.1 Å². The van der Waals surface area contributed by atoms with Crippen molar-refractivity contribution in [3.63, 3.8) is 0 Å². The topological polar surface area (TPSA) is 153 Å². The minimum Gasteiger partial charge on any atom is -0.539 e. The molecule has 0 rings (SSSR count). The maximum absolute atomic E-state index is 9.63. The number of quaternary nitrogens is 2. The fourth-order valence-electron chi connectivity index (χ4n) is 0.837. The standard InChI is InChI=1S/C7H18N.C5H14NO.2C3H4O4/c1-5-8(4,6-2)7-3;1-5(7)6(2,3)4;2*1-7-3(6)2(4)5/h5-7H2,1-4H3;5,7H,1-4H3;2*1H3,(H,4,5)/q2*+1;;/p-2. The van der Waals surface area contributed by atoms with E-state index in [4.69, 9.17) is 5.11 Å². The van der Waals surface area contributed by atoms with Crippen LogP contribution < -0.4 is 10.2 Å². The highest BCUT2D eigenvalue weighted by Gasteiger charge is 2.12. The monoisotopic (exact) mass is 426 g/mol. The summed E-state index contributed by atoms with van der Waals surface area (Å²) in [5.74, 6) is -6.33. The summed E-state index contributed by atoms with van der Waals surface area (Å²) < 4.78 is 9.24. The number of carbonyl (C=O) groups excluding carboxylic acids is 4. The number of carbonyl (C=O) groups is 4. The SMILES string of the molecule is CC(O)[N+](C)(C)C.CC[N+](C)(CC)CC.COC(=O)C(=O)[O-].COC(=O)C(=O)[O-]. The summed E-state index contributed by atoms with van der Waals surface area (Å²) in [7, 11) is 10.1. The minimum absolute atomic E-state index is 0.264. The van der Waals surface area contributed by atoms with Crippen LogP contribution in [0.4, 0.5) is 0 Å². The van der Waals surface area contributed by atoms with E-state index in [1.807, 2.05) is 21.1 Å². The average Bonchev–Trinajstić information content (AvgIpc) is 2.66. The number of hydrogen-bond acceptors (Lipinski definition) is 9. The van der Waals surface area contributed by atoms with E-state index in [0.29, 0.717) is 4.48 Å². The third kappa shape index (κ3) is 23.7. The van der Waals surface area contributed by atoms with E-state index < -0.39 is 23.9 Å². The molecule has 174 valence electrons. The normalized spacial score (nSPS) is 11.0. The molecule has 0 radical (unpaired) electrons. The lowest BCUT2D eigenvalue weighted by Crippen LogP contribution is -2.42. The molecular weight excluding hydrogens is 388 g/mol. The van der Waals surface area contributed by atoms with Crippen LogP contribution in [-0.2, 0) is 28.7 Å². The van der Waals surface area contributed by atoms with Crippen LogP contribution in [0.3, 0.4) is 0 Å². The van der Waals surface area contributed by atoms with Crippen molar-refractivity contribution >= 4 is 23.9 Å². The molecule has 0 bridgehead atoms. The van der Waals surface area contributed by atoms with Crippen LogP contribution in [0.15, 0.2) is 0 Å². The Balaban J connectivity index is -0.000000144. The number of esters is 2. The zero-order valence-electron chi connectivity index (χ0n) is 19.3. The van der Waals surface area contributed by atoms with Crippen molar-refractivity contribution in [3.8, 4) is 0 Å². The van der Waals surface area contributed by atoms with Crippen molar-refractivity contribution in [3.05, 3.63) is 0 Å². The van der Waals surface area contributed by atoms with Gasteiger partial charge in [0.2, 0.25) is 0 Å². The first-order chi connectivity index (χ1) is 13.0. The molecule has 11 heteroatoms. The van der Waals surface area contributed by atoms with Gasteiger partial charge in [-0.25, -0.2) is 9.59 Å². The molecule has 0 saturated carbocycles. The average molecular weight is 427 g/mol. The molecule has 0 aliphatic rings. The number of methoxy groups -OCH3 is 2. The zero-order chi connectivity index (χ0) is 24.4. The van der Waals surface area contributed by atoms with Gasteiger partial charge >= 0.3 is 11.9 Å². The molecule has 0 heterocycles. The maximum atomic E-state index is 9.63. The molecule has 0 aliphatic carbocycles. The first kappa shape index (κ1) is 34.3. The summed E-state index contributed by atoms with van der Waals surface area (Å²) in [6.45, 7) is 12.3. The molecule has 0 spiro atoms.